The number of hydrogen-bond acceptors (Lipinski definition) is 2. The van der Waals surface area contributed by atoms with Gasteiger partial charge in [0.25, 0.3) is 0 Å². The van der Waals surface area contributed by atoms with Crippen LogP contribution in [0.1, 0.15) is 47.6 Å². The van der Waals surface area contributed by atoms with Crippen molar-refractivity contribution >= 4 is 0 Å². The number of aliphatic hydroxyl groups excluding tert-OH is 1. The molecule has 2 nitrogen and oxygen atoms in total. The summed E-state index contributed by atoms with van der Waals surface area (Å²) in [7, 11) is 1.71. The van der Waals surface area contributed by atoms with Gasteiger partial charge >= 0.3 is 0 Å². The molecule has 0 amide bonds. The smallest absolute Gasteiger partial charge is 0.108 e. The van der Waals surface area contributed by atoms with E-state index in [0.717, 1.165) is 30.4 Å². The molecule has 1 aliphatic carbocycles. The molecule has 1 N–H and O–H groups in total. The molecule has 0 aliphatic heterocycles. The van der Waals surface area contributed by atoms with Gasteiger partial charge in [0.2, 0.25) is 0 Å². The number of ether oxygens (including phenoxy) is 1. The fraction of sp³-hybridized carbons (Fsp3) is 0.600. The molecule has 2 heteroatoms. The molecule has 0 heterocycles. The SMILES string of the molecule is COC1(C(O)c2cc(C)c(C)cc2C)CCC1. The van der Waals surface area contributed by atoms with Crippen LogP contribution in [0.3, 0.4) is 0 Å². The molecule has 94 valence electrons. The van der Waals surface area contributed by atoms with Gasteiger partial charge in [-0.05, 0) is 62.3 Å². The Morgan fingerprint density at radius 3 is 2.18 bits per heavy atom. The van der Waals surface area contributed by atoms with Crippen LogP contribution < -0.4 is 0 Å². The third-order valence-electron chi connectivity index (χ3n) is 4.28. The third kappa shape index (κ3) is 2.00. The fourth-order valence-electron chi connectivity index (χ4n) is 2.68. The van der Waals surface area contributed by atoms with E-state index < -0.39 is 6.10 Å². The van der Waals surface area contributed by atoms with Crippen LogP contribution in [0, 0.1) is 20.8 Å². The Morgan fingerprint density at radius 2 is 1.71 bits per heavy atom. The van der Waals surface area contributed by atoms with E-state index in [4.69, 9.17) is 4.74 Å². The zero-order chi connectivity index (χ0) is 12.6. The second-order valence-corrected chi connectivity index (χ2v) is 5.32. The summed E-state index contributed by atoms with van der Waals surface area (Å²) in [5, 5.41) is 10.6. The highest BCUT2D eigenvalue weighted by molar-refractivity contribution is 5.39. The normalized spacial score (nSPS) is 19.8. The maximum Gasteiger partial charge on any atom is 0.108 e. The maximum absolute atomic E-state index is 10.6. The van der Waals surface area contributed by atoms with E-state index in [1.54, 1.807) is 7.11 Å². The quantitative estimate of drug-likeness (QED) is 0.870. The van der Waals surface area contributed by atoms with Gasteiger partial charge in [0, 0.05) is 7.11 Å². The van der Waals surface area contributed by atoms with Crippen LogP contribution in [0.2, 0.25) is 0 Å². The first-order valence-corrected chi connectivity index (χ1v) is 6.31. The summed E-state index contributed by atoms with van der Waals surface area (Å²) in [6.45, 7) is 6.26. The zero-order valence-corrected chi connectivity index (χ0v) is 11.2. The first kappa shape index (κ1) is 12.6. The van der Waals surface area contributed by atoms with E-state index in [1.165, 1.54) is 11.1 Å². The second-order valence-electron chi connectivity index (χ2n) is 5.32. The van der Waals surface area contributed by atoms with Crippen molar-refractivity contribution < 1.29 is 9.84 Å². The van der Waals surface area contributed by atoms with Crippen LogP contribution in [0.4, 0.5) is 0 Å². The molecule has 0 radical (unpaired) electrons. The first-order valence-electron chi connectivity index (χ1n) is 6.31. The highest BCUT2D eigenvalue weighted by Gasteiger charge is 2.44. The molecule has 0 bridgehead atoms. The van der Waals surface area contributed by atoms with Crippen molar-refractivity contribution in [3.8, 4) is 0 Å². The van der Waals surface area contributed by atoms with Crippen molar-refractivity contribution in [2.45, 2.75) is 51.7 Å². The molecule has 0 aromatic heterocycles. The van der Waals surface area contributed by atoms with Crippen LogP contribution in [0.15, 0.2) is 12.1 Å². The van der Waals surface area contributed by atoms with Gasteiger partial charge in [0.1, 0.15) is 6.10 Å². The topological polar surface area (TPSA) is 29.5 Å². The maximum atomic E-state index is 10.6. The van der Waals surface area contributed by atoms with Gasteiger partial charge in [-0.3, -0.25) is 0 Å². The summed E-state index contributed by atoms with van der Waals surface area (Å²) in [6.07, 6.45) is 2.56. The predicted octanol–water partition coefficient (Wildman–Crippen LogP) is 3.21. The second kappa shape index (κ2) is 4.43. The molecule has 1 aliphatic rings. The number of aliphatic hydroxyl groups is 1. The Labute approximate surface area is 104 Å². The van der Waals surface area contributed by atoms with Gasteiger partial charge in [-0.25, -0.2) is 0 Å². The van der Waals surface area contributed by atoms with Crippen molar-refractivity contribution in [3.05, 3.63) is 34.4 Å². The van der Waals surface area contributed by atoms with Crippen molar-refractivity contribution in [1.82, 2.24) is 0 Å². The van der Waals surface area contributed by atoms with E-state index in [-0.39, 0.29) is 5.60 Å². The molecule has 1 atom stereocenters. The number of benzene rings is 1. The minimum Gasteiger partial charge on any atom is -0.385 e. The molecule has 1 unspecified atom stereocenters. The van der Waals surface area contributed by atoms with Crippen LogP contribution in [0.5, 0.6) is 0 Å². The van der Waals surface area contributed by atoms with Gasteiger partial charge < -0.3 is 9.84 Å². The summed E-state index contributed by atoms with van der Waals surface area (Å²) in [4.78, 5) is 0. The van der Waals surface area contributed by atoms with E-state index >= 15 is 0 Å². The van der Waals surface area contributed by atoms with Gasteiger partial charge in [-0.2, -0.15) is 0 Å². The molecule has 0 saturated heterocycles. The molecular weight excluding hydrogens is 212 g/mol. The first-order chi connectivity index (χ1) is 8.00. The number of methoxy groups -OCH3 is 1. The summed E-state index contributed by atoms with van der Waals surface area (Å²) in [6, 6.07) is 4.25. The Kier molecular flexibility index (Phi) is 3.28. The lowest BCUT2D eigenvalue weighted by molar-refractivity contribution is -0.152. The van der Waals surface area contributed by atoms with Crippen LogP contribution >= 0.6 is 0 Å². The minimum absolute atomic E-state index is 0.341. The summed E-state index contributed by atoms with van der Waals surface area (Å²) in [5.41, 5.74) is 4.35. The van der Waals surface area contributed by atoms with Gasteiger partial charge in [-0.15, -0.1) is 0 Å². The molecule has 1 aromatic rings. The molecule has 1 fully saturated rings. The number of rotatable bonds is 3. The Morgan fingerprint density at radius 1 is 1.12 bits per heavy atom. The lowest BCUT2D eigenvalue weighted by Crippen LogP contribution is -2.45. The van der Waals surface area contributed by atoms with Crippen molar-refractivity contribution in [2.75, 3.05) is 7.11 Å². The molecule has 0 spiro atoms. The lowest BCUT2D eigenvalue weighted by Gasteiger charge is -2.44. The van der Waals surface area contributed by atoms with Gasteiger partial charge in [-0.1, -0.05) is 12.1 Å². The molecule has 17 heavy (non-hydrogen) atoms. The van der Waals surface area contributed by atoms with Crippen LogP contribution in [-0.4, -0.2) is 17.8 Å². The van der Waals surface area contributed by atoms with Crippen LogP contribution in [-0.2, 0) is 4.74 Å². The lowest BCUT2D eigenvalue weighted by atomic mass is 9.73. The van der Waals surface area contributed by atoms with Crippen molar-refractivity contribution in [1.29, 1.82) is 0 Å². The summed E-state index contributed by atoms with van der Waals surface area (Å²) >= 11 is 0. The Hall–Kier alpha value is -0.860. The van der Waals surface area contributed by atoms with E-state index in [0.29, 0.717) is 0 Å². The molecule has 1 saturated carbocycles. The Bertz CT molecular complexity index is 414. The summed E-state index contributed by atoms with van der Waals surface area (Å²) < 4.78 is 5.57. The fourth-order valence-corrected chi connectivity index (χ4v) is 2.68. The van der Waals surface area contributed by atoms with E-state index in [9.17, 15) is 5.11 Å². The Balaban J connectivity index is 2.36. The highest BCUT2D eigenvalue weighted by Crippen LogP contribution is 2.45. The number of aryl methyl sites for hydroxylation is 3. The average molecular weight is 234 g/mol. The van der Waals surface area contributed by atoms with Gasteiger partial charge in [0.05, 0.1) is 5.60 Å². The predicted molar refractivity (Wildman–Crippen MR) is 69.2 cm³/mol. The summed E-state index contributed by atoms with van der Waals surface area (Å²) in [5.74, 6) is 0. The van der Waals surface area contributed by atoms with Crippen molar-refractivity contribution in [3.63, 3.8) is 0 Å². The minimum atomic E-state index is -0.499. The average Bonchev–Trinajstić information content (AvgIpc) is 2.22. The monoisotopic (exact) mass is 234 g/mol. The zero-order valence-electron chi connectivity index (χ0n) is 11.2. The molecule has 1 aromatic carbocycles. The molecular formula is C15H22O2. The molecule has 2 rings (SSSR count). The van der Waals surface area contributed by atoms with Gasteiger partial charge in [0.15, 0.2) is 0 Å². The highest BCUT2D eigenvalue weighted by atomic mass is 16.5. The van der Waals surface area contributed by atoms with Crippen molar-refractivity contribution in [2.24, 2.45) is 0 Å². The largest absolute Gasteiger partial charge is 0.385 e. The third-order valence-corrected chi connectivity index (χ3v) is 4.28. The van der Waals surface area contributed by atoms with E-state index in [1.807, 2.05) is 0 Å². The van der Waals surface area contributed by atoms with E-state index in [2.05, 4.69) is 32.9 Å². The number of hydrogen-bond donors (Lipinski definition) is 1. The standard InChI is InChI=1S/C15H22O2/c1-10-8-12(3)13(9-11(10)2)14(16)15(17-4)6-5-7-15/h8-9,14,16H,5-7H2,1-4H3. The van der Waals surface area contributed by atoms with Crippen LogP contribution in [0.25, 0.3) is 0 Å².